The average molecular weight is 288 g/mol. The molecule has 0 saturated heterocycles. The van der Waals surface area contributed by atoms with Gasteiger partial charge in [-0.2, -0.15) is 0 Å². The predicted octanol–water partition coefficient (Wildman–Crippen LogP) is 3.36. The van der Waals surface area contributed by atoms with Crippen molar-refractivity contribution in [2.75, 3.05) is 20.1 Å². The quantitative estimate of drug-likeness (QED) is 0.813. The Morgan fingerprint density at radius 2 is 1.90 bits per heavy atom. The van der Waals surface area contributed by atoms with Crippen molar-refractivity contribution in [3.8, 4) is 5.75 Å². The number of alkyl halides is 1. The summed E-state index contributed by atoms with van der Waals surface area (Å²) in [5.74, 6) is 0.272. The highest BCUT2D eigenvalue weighted by atomic mass is 35.5. The van der Waals surface area contributed by atoms with Gasteiger partial charge < -0.3 is 10.0 Å². The summed E-state index contributed by atoms with van der Waals surface area (Å²) in [6.45, 7) is 1.70. The van der Waals surface area contributed by atoms with Gasteiger partial charge in [0, 0.05) is 13.1 Å². The fourth-order valence-corrected chi connectivity index (χ4v) is 3.45. The Bertz CT molecular complexity index is 614. The number of aromatic hydroxyl groups is 1. The molecule has 1 N–H and O–H groups in total. The molecule has 2 nitrogen and oxygen atoms in total. The summed E-state index contributed by atoms with van der Waals surface area (Å²) in [6, 6.07) is 15.7. The van der Waals surface area contributed by atoms with Crippen LogP contribution in [0.3, 0.4) is 0 Å². The second-order valence-corrected chi connectivity index (χ2v) is 6.14. The lowest BCUT2D eigenvalue weighted by atomic mass is 9.87. The van der Waals surface area contributed by atoms with E-state index in [1.807, 2.05) is 30.3 Å². The lowest BCUT2D eigenvalue weighted by molar-refractivity contribution is 0.324. The van der Waals surface area contributed by atoms with E-state index in [0.717, 1.165) is 30.6 Å². The van der Waals surface area contributed by atoms with Gasteiger partial charge in [-0.3, -0.25) is 0 Å². The van der Waals surface area contributed by atoms with Crippen LogP contribution in [0.25, 0.3) is 0 Å². The fourth-order valence-electron chi connectivity index (χ4n) is 2.95. The van der Waals surface area contributed by atoms with Crippen LogP contribution in [0.1, 0.15) is 16.7 Å². The number of phenolic OH excluding ortho intramolecular Hbond substituents is 1. The predicted molar refractivity (Wildman–Crippen MR) is 82.4 cm³/mol. The Hall–Kier alpha value is -1.51. The molecule has 0 fully saturated rings. The molecule has 1 heterocycles. The van der Waals surface area contributed by atoms with Crippen molar-refractivity contribution < 1.29 is 5.11 Å². The molecule has 2 aromatic carbocycles. The molecule has 0 bridgehead atoms. The molecule has 0 aromatic heterocycles. The second-order valence-electron chi connectivity index (χ2n) is 5.50. The van der Waals surface area contributed by atoms with Crippen molar-refractivity contribution in [3.05, 3.63) is 65.2 Å². The second kappa shape index (κ2) is 5.12. The van der Waals surface area contributed by atoms with Gasteiger partial charge in [0.15, 0.2) is 0 Å². The number of hydrogen-bond acceptors (Lipinski definition) is 2. The number of halogens is 1. The Balaban J connectivity index is 2.20. The van der Waals surface area contributed by atoms with E-state index in [4.69, 9.17) is 11.6 Å². The van der Waals surface area contributed by atoms with Crippen LogP contribution in [0.2, 0.25) is 0 Å². The monoisotopic (exact) mass is 287 g/mol. The van der Waals surface area contributed by atoms with E-state index in [1.54, 1.807) is 6.07 Å². The maximum atomic E-state index is 9.85. The molecule has 0 radical (unpaired) electrons. The first-order valence-corrected chi connectivity index (χ1v) is 7.23. The maximum absolute atomic E-state index is 9.85. The van der Waals surface area contributed by atoms with Crippen LogP contribution < -0.4 is 0 Å². The highest BCUT2D eigenvalue weighted by Crippen LogP contribution is 2.42. The summed E-state index contributed by atoms with van der Waals surface area (Å²) in [6.07, 6.45) is 0.952. The zero-order valence-electron chi connectivity index (χ0n) is 11.5. The lowest BCUT2D eigenvalue weighted by Crippen LogP contribution is -2.34. The summed E-state index contributed by atoms with van der Waals surface area (Å²) >= 11 is 7.05. The van der Waals surface area contributed by atoms with Gasteiger partial charge in [-0.15, -0.1) is 11.6 Å². The van der Waals surface area contributed by atoms with Crippen LogP contribution in [0, 0.1) is 0 Å². The van der Waals surface area contributed by atoms with Gasteiger partial charge in [-0.05, 0) is 42.3 Å². The summed E-state index contributed by atoms with van der Waals surface area (Å²) in [5, 5.41) is 9.85. The Morgan fingerprint density at radius 3 is 2.65 bits per heavy atom. The van der Waals surface area contributed by atoms with Gasteiger partial charge >= 0.3 is 0 Å². The van der Waals surface area contributed by atoms with Gasteiger partial charge in [0.25, 0.3) is 0 Å². The molecular formula is C17H18ClNO. The molecule has 0 saturated carbocycles. The van der Waals surface area contributed by atoms with Crippen LogP contribution >= 0.6 is 11.6 Å². The third kappa shape index (κ3) is 2.30. The topological polar surface area (TPSA) is 23.5 Å². The Kier molecular flexibility index (Phi) is 3.45. The SMILES string of the molecule is CN1CCc2ccc(O)cc2C(Cl)(c2ccccc2)C1. The van der Waals surface area contributed by atoms with E-state index in [-0.39, 0.29) is 5.75 Å². The zero-order valence-corrected chi connectivity index (χ0v) is 12.3. The molecule has 20 heavy (non-hydrogen) atoms. The number of hydrogen-bond donors (Lipinski definition) is 1. The van der Waals surface area contributed by atoms with Crippen molar-refractivity contribution >= 4 is 11.6 Å². The smallest absolute Gasteiger partial charge is 0.115 e. The first-order valence-electron chi connectivity index (χ1n) is 6.85. The number of rotatable bonds is 1. The first kappa shape index (κ1) is 13.5. The molecule has 0 aliphatic carbocycles. The molecule has 1 unspecified atom stereocenters. The van der Waals surface area contributed by atoms with Crippen molar-refractivity contribution in [2.45, 2.75) is 11.3 Å². The number of benzene rings is 2. The summed E-state index contributed by atoms with van der Waals surface area (Å²) in [7, 11) is 2.09. The summed E-state index contributed by atoms with van der Waals surface area (Å²) in [5.41, 5.74) is 3.31. The highest BCUT2D eigenvalue weighted by molar-refractivity contribution is 6.26. The minimum absolute atomic E-state index is 0.272. The van der Waals surface area contributed by atoms with Crippen molar-refractivity contribution in [3.63, 3.8) is 0 Å². The molecular weight excluding hydrogens is 270 g/mol. The fraction of sp³-hybridized carbons (Fsp3) is 0.294. The van der Waals surface area contributed by atoms with E-state index >= 15 is 0 Å². The van der Waals surface area contributed by atoms with Gasteiger partial charge in [0.1, 0.15) is 10.6 Å². The van der Waals surface area contributed by atoms with Crippen molar-refractivity contribution in [2.24, 2.45) is 0 Å². The lowest BCUT2D eigenvalue weighted by Gasteiger charge is -2.31. The third-order valence-corrected chi connectivity index (χ3v) is 4.54. The molecule has 0 amide bonds. The molecule has 0 spiro atoms. The highest BCUT2D eigenvalue weighted by Gasteiger charge is 2.37. The average Bonchev–Trinajstić information content (AvgIpc) is 2.58. The normalized spacial score (nSPS) is 23.1. The van der Waals surface area contributed by atoms with Gasteiger partial charge in [0.05, 0.1) is 0 Å². The van der Waals surface area contributed by atoms with E-state index in [1.165, 1.54) is 5.56 Å². The van der Waals surface area contributed by atoms with E-state index in [2.05, 4.69) is 24.1 Å². The van der Waals surface area contributed by atoms with E-state index < -0.39 is 4.87 Å². The molecule has 3 heteroatoms. The number of phenols is 1. The van der Waals surface area contributed by atoms with E-state index in [9.17, 15) is 5.11 Å². The molecule has 104 valence electrons. The summed E-state index contributed by atoms with van der Waals surface area (Å²) in [4.78, 5) is 1.64. The molecule has 3 rings (SSSR count). The summed E-state index contributed by atoms with van der Waals surface area (Å²) < 4.78 is 0. The van der Waals surface area contributed by atoms with Crippen LogP contribution in [-0.2, 0) is 11.3 Å². The van der Waals surface area contributed by atoms with Crippen molar-refractivity contribution in [1.82, 2.24) is 4.90 Å². The van der Waals surface area contributed by atoms with Crippen LogP contribution in [0.15, 0.2) is 48.5 Å². The van der Waals surface area contributed by atoms with Crippen LogP contribution in [-0.4, -0.2) is 30.1 Å². The number of likely N-dealkylation sites (N-methyl/N-ethyl adjacent to an activating group) is 1. The molecule has 1 atom stereocenters. The minimum atomic E-state index is -0.611. The Labute approximate surface area is 124 Å². The zero-order chi connectivity index (χ0) is 14.2. The number of fused-ring (bicyclic) bond motifs is 1. The van der Waals surface area contributed by atoms with Gasteiger partial charge in [-0.1, -0.05) is 36.4 Å². The van der Waals surface area contributed by atoms with Gasteiger partial charge in [0.2, 0.25) is 0 Å². The largest absolute Gasteiger partial charge is 0.508 e. The molecule has 1 aliphatic rings. The van der Waals surface area contributed by atoms with Crippen molar-refractivity contribution in [1.29, 1.82) is 0 Å². The number of nitrogens with zero attached hydrogens (tertiary/aromatic N) is 1. The van der Waals surface area contributed by atoms with Crippen LogP contribution in [0.5, 0.6) is 5.75 Å². The van der Waals surface area contributed by atoms with E-state index in [0.29, 0.717) is 0 Å². The Morgan fingerprint density at radius 1 is 1.15 bits per heavy atom. The first-order chi connectivity index (χ1) is 9.59. The minimum Gasteiger partial charge on any atom is -0.508 e. The maximum Gasteiger partial charge on any atom is 0.115 e. The third-order valence-electron chi connectivity index (χ3n) is 4.00. The standard InChI is InChI=1S/C17H18ClNO/c1-19-10-9-13-7-8-15(20)11-16(13)17(18,12-19)14-5-3-2-4-6-14/h2-8,11,20H,9-10,12H2,1H3. The van der Waals surface area contributed by atoms with Crippen LogP contribution in [0.4, 0.5) is 0 Å². The molecule has 1 aliphatic heterocycles. The molecule has 2 aromatic rings. The van der Waals surface area contributed by atoms with Gasteiger partial charge in [-0.25, -0.2) is 0 Å².